The molecule has 14 nitrogen and oxygen atoms in total. The first kappa shape index (κ1) is 38.0. The van der Waals surface area contributed by atoms with E-state index in [2.05, 4.69) is 20.3 Å². The molecule has 0 bridgehead atoms. The maximum Gasteiger partial charge on any atom is 0.407 e. The molecule has 0 aliphatic carbocycles. The maximum atomic E-state index is 13.6. The molecule has 3 amide bonds. The molecule has 0 saturated carbocycles. The number of rotatable bonds is 13. The largest absolute Gasteiger partial charge is 0.453 e. The summed E-state index contributed by atoms with van der Waals surface area (Å²) in [6, 6.07) is 4.57. The van der Waals surface area contributed by atoms with E-state index in [9.17, 15) is 29.1 Å². The van der Waals surface area contributed by atoms with Gasteiger partial charge in [0.2, 0.25) is 17.6 Å². The standard InChI is InChI=1S/C38H47N7O7S/c1-20(2)25(16-24(47)19-46)36(49)44-12-6-8-29(44)28-15-23(17-39-28)33(48)35-40-18-31(53-35)22-10-11-26-27(14-22)42-34(41-26)30-9-7-13-45(30)37(50)32(21(3)4)43-38(51)52-5/h10-11,14,17-18,20-21,25,29-30,32,46H,6-9,12-13,15-16,19H2,1-5H3,(H,41,42)(H,43,51). The Labute approximate surface area is 312 Å². The minimum Gasteiger partial charge on any atom is -0.453 e. The van der Waals surface area contributed by atoms with Crippen LogP contribution in [0.25, 0.3) is 21.5 Å². The lowest BCUT2D eigenvalue weighted by molar-refractivity contribution is -0.140. The van der Waals surface area contributed by atoms with Crippen molar-refractivity contribution in [3.05, 3.63) is 47.0 Å². The van der Waals surface area contributed by atoms with Gasteiger partial charge in [0.15, 0.2) is 10.8 Å². The predicted molar refractivity (Wildman–Crippen MR) is 199 cm³/mol. The van der Waals surface area contributed by atoms with Crippen molar-refractivity contribution in [1.29, 1.82) is 0 Å². The van der Waals surface area contributed by atoms with Crippen molar-refractivity contribution in [2.45, 2.75) is 84.3 Å². The minimum absolute atomic E-state index is 0.00214. The monoisotopic (exact) mass is 745 g/mol. The van der Waals surface area contributed by atoms with Crippen LogP contribution < -0.4 is 5.32 Å². The maximum absolute atomic E-state index is 13.6. The van der Waals surface area contributed by atoms with Gasteiger partial charge in [0.25, 0.3) is 0 Å². The van der Waals surface area contributed by atoms with E-state index in [4.69, 9.17) is 9.72 Å². The summed E-state index contributed by atoms with van der Waals surface area (Å²) < 4.78 is 4.75. The third kappa shape index (κ3) is 7.96. The number of allylic oxidation sites excluding steroid dienone is 1. The number of nitrogens with one attached hydrogen (secondary N) is 2. The fraction of sp³-hybridized carbons (Fsp3) is 0.526. The molecule has 3 aromatic rings. The molecule has 3 N–H and O–H groups in total. The number of likely N-dealkylation sites (tertiary alicyclic amines) is 2. The van der Waals surface area contributed by atoms with Crippen LogP contribution in [0, 0.1) is 17.8 Å². The van der Waals surface area contributed by atoms with Gasteiger partial charge >= 0.3 is 6.09 Å². The van der Waals surface area contributed by atoms with E-state index >= 15 is 0 Å². The first-order valence-electron chi connectivity index (χ1n) is 18.2. The SMILES string of the molecule is COC(=O)NC(C(=O)N1CCCC1c1nc2ccc(-c3cnc(C(=O)C4=CN=C(C5CCCN5C(=O)C(CC(=O)CO)C(C)C)C4)s3)cc2[nH]1)C(C)C. The van der Waals surface area contributed by atoms with Crippen molar-refractivity contribution in [1.82, 2.24) is 30.1 Å². The number of aliphatic hydroxyl groups is 1. The highest BCUT2D eigenvalue weighted by Crippen LogP contribution is 2.36. The number of H-pyrrole nitrogens is 1. The number of aliphatic imine (C=N–C) groups is 1. The number of methoxy groups -OCH3 is 1. The van der Waals surface area contributed by atoms with E-state index in [1.54, 1.807) is 22.2 Å². The van der Waals surface area contributed by atoms with Crippen molar-refractivity contribution in [3.63, 3.8) is 0 Å². The number of aliphatic hydroxyl groups excluding tert-OH is 1. The topological polar surface area (TPSA) is 187 Å². The highest BCUT2D eigenvalue weighted by atomic mass is 32.1. The molecule has 5 heterocycles. The Bertz CT molecular complexity index is 1960. The summed E-state index contributed by atoms with van der Waals surface area (Å²) in [4.78, 5) is 86.4. The molecule has 3 aliphatic heterocycles. The second-order valence-electron chi connectivity index (χ2n) is 14.7. The molecule has 6 rings (SSSR count). The molecule has 2 saturated heterocycles. The summed E-state index contributed by atoms with van der Waals surface area (Å²) in [6.45, 7) is 8.10. The van der Waals surface area contributed by atoms with E-state index in [1.165, 1.54) is 18.4 Å². The zero-order valence-corrected chi connectivity index (χ0v) is 31.6. The highest BCUT2D eigenvalue weighted by molar-refractivity contribution is 7.17. The smallest absolute Gasteiger partial charge is 0.407 e. The molecule has 4 atom stereocenters. The van der Waals surface area contributed by atoms with Crippen molar-refractivity contribution in [2.75, 3.05) is 26.8 Å². The zero-order chi connectivity index (χ0) is 38.0. The van der Waals surface area contributed by atoms with Crippen LogP contribution in [-0.4, -0.2) is 104 Å². The molecule has 0 spiro atoms. The van der Waals surface area contributed by atoms with Crippen LogP contribution in [0.1, 0.15) is 87.9 Å². The van der Waals surface area contributed by atoms with Crippen molar-refractivity contribution >= 4 is 57.6 Å². The number of aromatic nitrogens is 3. The van der Waals surface area contributed by atoms with Gasteiger partial charge in [-0.25, -0.2) is 14.8 Å². The molecule has 4 unspecified atom stereocenters. The van der Waals surface area contributed by atoms with E-state index in [0.717, 1.165) is 52.9 Å². The molecule has 282 valence electrons. The summed E-state index contributed by atoms with van der Waals surface area (Å²) in [6.07, 6.45) is 6.03. The average molecular weight is 746 g/mol. The molecule has 2 fully saturated rings. The number of fused-ring (bicyclic) bond motifs is 1. The van der Waals surface area contributed by atoms with Crippen LogP contribution in [-0.2, 0) is 19.1 Å². The molecule has 2 aromatic heterocycles. The van der Waals surface area contributed by atoms with Gasteiger partial charge in [-0.1, -0.05) is 33.8 Å². The third-order valence-corrected chi connectivity index (χ3v) is 11.5. The average Bonchev–Trinajstić information content (AvgIpc) is 3.99. The van der Waals surface area contributed by atoms with E-state index in [-0.39, 0.29) is 53.7 Å². The van der Waals surface area contributed by atoms with Crippen LogP contribution in [0.15, 0.2) is 41.2 Å². The number of thiazole rings is 1. The van der Waals surface area contributed by atoms with Gasteiger partial charge in [-0.05, 0) is 55.2 Å². The Hall–Kier alpha value is -4.76. The summed E-state index contributed by atoms with van der Waals surface area (Å²) in [5, 5.41) is 12.3. The van der Waals surface area contributed by atoms with Gasteiger partial charge in [-0.15, -0.1) is 11.3 Å². The van der Waals surface area contributed by atoms with E-state index in [1.807, 2.05) is 45.9 Å². The third-order valence-electron chi connectivity index (χ3n) is 10.4. The van der Waals surface area contributed by atoms with Gasteiger partial charge in [-0.3, -0.25) is 24.2 Å². The second kappa shape index (κ2) is 16.1. The molecule has 0 radical (unpaired) electrons. The number of Topliss-reactive ketones (excluding diaryl/α,β-unsaturated/α-hetero) is 2. The Morgan fingerprint density at radius 2 is 1.74 bits per heavy atom. The van der Waals surface area contributed by atoms with Gasteiger partial charge in [0, 0.05) is 55.5 Å². The van der Waals surface area contributed by atoms with Gasteiger partial charge in [-0.2, -0.15) is 0 Å². The lowest BCUT2D eigenvalue weighted by Gasteiger charge is -2.30. The first-order chi connectivity index (χ1) is 25.4. The lowest BCUT2D eigenvalue weighted by atomic mass is 9.89. The van der Waals surface area contributed by atoms with Crippen LogP contribution in [0.4, 0.5) is 4.79 Å². The van der Waals surface area contributed by atoms with Crippen LogP contribution in [0.5, 0.6) is 0 Å². The molecule has 53 heavy (non-hydrogen) atoms. The quantitative estimate of drug-likeness (QED) is 0.206. The number of nitrogens with zero attached hydrogens (tertiary/aromatic N) is 5. The number of aromatic amines is 1. The van der Waals surface area contributed by atoms with Gasteiger partial charge in [0.1, 0.15) is 18.5 Å². The second-order valence-corrected chi connectivity index (χ2v) is 15.7. The van der Waals surface area contributed by atoms with Crippen molar-refractivity contribution < 1.29 is 33.8 Å². The summed E-state index contributed by atoms with van der Waals surface area (Å²) in [5.41, 5.74) is 3.68. The van der Waals surface area contributed by atoms with Crippen molar-refractivity contribution in [2.24, 2.45) is 22.7 Å². The van der Waals surface area contributed by atoms with Crippen LogP contribution in [0.3, 0.4) is 0 Å². The summed E-state index contributed by atoms with van der Waals surface area (Å²) >= 11 is 1.29. The fourth-order valence-corrected chi connectivity index (χ4v) is 8.37. The number of alkyl carbamates (subject to hydrolysis) is 1. The molecule has 1 aromatic carbocycles. The molecular formula is C38H47N7O7S. The summed E-state index contributed by atoms with van der Waals surface area (Å²) in [7, 11) is 1.27. The predicted octanol–water partition coefficient (Wildman–Crippen LogP) is 4.86. The zero-order valence-electron chi connectivity index (χ0n) is 30.8. The molecule has 3 aliphatic rings. The Morgan fingerprint density at radius 3 is 2.42 bits per heavy atom. The number of imidazole rings is 1. The molecule has 15 heteroatoms. The first-order valence-corrected chi connectivity index (χ1v) is 19.1. The van der Waals surface area contributed by atoms with E-state index < -0.39 is 24.7 Å². The number of carbonyl (C=O) groups excluding carboxylic acids is 5. The number of ketones is 2. The lowest BCUT2D eigenvalue weighted by Crippen LogP contribution is -2.51. The highest BCUT2D eigenvalue weighted by Gasteiger charge is 2.40. The number of carbonyl (C=O) groups is 5. The minimum atomic E-state index is -0.722. The number of hydrogen-bond donors (Lipinski definition) is 3. The van der Waals surface area contributed by atoms with Gasteiger partial charge < -0.3 is 29.9 Å². The Balaban J connectivity index is 1.12. The normalized spacial score (nSPS) is 19.8. The van der Waals surface area contributed by atoms with Crippen molar-refractivity contribution in [3.8, 4) is 10.4 Å². The number of ether oxygens (including phenoxy) is 1. The van der Waals surface area contributed by atoms with Crippen LogP contribution in [0.2, 0.25) is 0 Å². The Morgan fingerprint density at radius 1 is 1.02 bits per heavy atom. The van der Waals surface area contributed by atoms with Crippen LogP contribution >= 0.6 is 11.3 Å². The number of benzene rings is 1. The fourth-order valence-electron chi connectivity index (χ4n) is 7.48. The number of hydrogen-bond acceptors (Lipinski definition) is 11. The molecular weight excluding hydrogens is 699 g/mol. The number of amides is 3. The summed E-state index contributed by atoms with van der Waals surface area (Å²) in [5.74, 6) is -0.890. The van der Waals surface area contributed by atoms with Gasteiger partial charge in [0.05, 0.1) is 35.1 Å². The van der Waals surface area contributed by atoms with E-state index in [0.29, 0.717) is 35.9 Å². The Kier molecular flexibility index (Phi) is 11.5.